The van der Waals surface area contributed by atoms with E-state index in [4.69, 9.17) is 10.5 Å². The molecule has 21 heavy (non-hydrogen) atoms. The Morgan fingerprint density at radius 3 is 2.48 bits per heavy atom. The number of ether oxygens (including phenoxy) is 1. The van der Waals surface area contributed by atoms with E-state index < -0.39 is 0 Å². The van der Waals surface area contributed by atoms with Gasteiger partial charge in [-0.2, -0.15) is 0 Å². The van der Waals surface area contributed by atoms with Gasteiger partial charge in [-0.15, -0.1) is 0 Å². The largest absolute Gasteiger partial charge is 0.376 e. The molecule has 0 radical (unpaired) electrons. The molecule has 2 aliphatic heterocycles. The number of imide groups is 1. The first-order valence-corrected chi connectivity index (χ1v) is 7.20. The zero-order valence-electron chi connectivity index (χ0n) is 11.8. The van der Waals surface area contributed by atoms with E-state index in [0.717, 1.165) is 13.0 Å². The molecule has 0 aromatic heterocycles. The molecule has 2 aliphatic rings. The summed E-state index contributed by atoms with van der Waals surface area (Å²) in [6, 6.07) is 6.95. The van der Waals surface area contributed by atoms with Crippen molar-refractivity contribution in [2.75, 3.05) is 32.9 Å². The fourth-order valence-electron chi connectivity index (χ4n) is 2.81. The maximum atomic E-state index is 12.3. The SMILES string of the molecule is NCC1CN(CN2C(=O)c3ccccc3C2=O)CCCO1. The fraction of sp³-hybridized carbons (Fsp3) is 0.467. The maximum Gasteiger partial charge on any atom is 0.262 e. The second-order valence-electron chi connectivity index (χ2n) is 5.38. The molecule has 2 heterocycles. The second-order valence-corrected chi connectivity index (χ2v) is 5.38. The van der Waals surface area contributed by atoms with Crippen LogP contribution in [-0.4, -0.2) is 60.6 Å². The van der Waals surface area contributed by atoms with Gasteiger partial charge in [-0.3, -0.25) is 19.4 Å². The highest BCUT2D eigenvalue weighted by Crippen LogP contribution is 2.23. The van der Waals surface area contributed by atoms with Crippen LogP contribution < -0.4 is 5.73 Å². The van der Waals surface area contributed by atoms with E-state index in [1.54, 1.807) is 24.3 Å². The number of nitrogens with zero attached hydrogens (tertiary/aromatic N) is 2. The van der Waals surface area contributed by atoms with Crippen LogP contribution in [0.15, 0.2) is 24.3 Å². The smallest absolute Gasteiger partial charge is 0.262 e. The first kappa shape index (κ1) is 14.2. The third kappa shape index (κ3) is 2.70. The van der Waals surface area contributed by atoms with Gasteiger partial charge in [0.2, 0.25) is 0 Å². The highest BCUT2D eigenvalue weighted by Gasteiger charge is 2.36. The molecule has 3 rings (SSSR count). The molecular formula is C15H19N3O3. The number of carbonyl (C=O) groups is 2. The molecular weight excluding hydrogens is 270 g/mol. The van der Waals surface area contributed by atoms with Crippen molar-refractivity contribution in [3.05, 3.63) is 35.4 Å². The second kappa shape index (κ2) is 5.93. The van der Waals surface area contributed by atoms with E-state index in [9.17, 15) is 9.59 Å². The number of hydrogen-bond donors (Lipinski definition) is 1. The van der Waals surface area contributed by atoms with Gasteiger partial charge in [0.15, 0.2) is 0 Å². The molecule has 112 valence electrons. The Hall–Kier alpha value is -1.76. The van der Waals surface area contributed by atoms with Gasteiger partial charge in [-0.1, -0.05) is 12.1 Å². The summed E-state index contributed by atoms with van der Waals surface area (Å²) in [6.45, 7) is 2.85. The van der Waals surface area contributed by atoms with Crippen molar-refractivity contribution < 1.29 is 14.3 Å². The summed E-state index contributed by atoms with van der Waals surface area (Å²) in [7, 11) is 0. The number of benzene rings is 1. The van der Waals surface area contributed by atoms with Gasteiger partial charge in [0.25, 0.3) is 11.8 Å². The van der Waals surface area contributed by atoms with Crippen LogP contribution in [0.2, 0.25) is 0 Å². The summed E-state index contributed by atoms with van der Waals surface area (Å²) < 4.78 is 5.61. The van der Waals surface area contributed by atoms with E-state index in [1.165, 1.54) is 4.90 Å². The average Bonchev–Trinajstić information content (AvgIpc) is 2.69. The number of rotatable bonds is 3. The molecule has 1 fully saturated rings. The summed E-state index contributed by atoms with van der Waals surface area (Å²) >= 11 is 0. The van der Waals surface area contributed by atoms with Gasteiger partial charge in [0, 0.05) is 26.2 Å². The molecule has 0 aliphatic carbocycles. The van der Waals surface area contributed by atoms with Crippen LogP contribution in [0.25, 0.3) is 0 Å². The average molecular weight is 289 g/mol. The summed E-state index contributed by atoms with van der Waals surface area (Å²) in [5.74, 6) is -0.435. The minimum Gasteiger partial charge on any atom is -0.376 e. The van der Waals surface area contributed by atoms with Gasteiger partial charge >= 0.3 is 0 Å². The van der Waals surface area contributed by atoms with Gasteiger partial charge < -0.3 is 10.5 Å². The lowest BCUT2D eigenvalue weighted by Crippen LogP contribution is -2.45. The number of hydrogen-bond acceptors (Lipinski definition) is 5. The van der Waals surface area contributed by atoms with Crippen molar-refractivity contribution in [3.8, 4) is 0 Å². The molecule has 1 aromatic rings. The Morgan fingerprint density at radius 1 is 1.19 bits per heavy atom. The predicted octanol–water partition coefficient (Wildman–Crippen LogP) is 0.290. The van der Waals surface area contributed by atoms with Crippen LogP contribution in [-0.2, 0) is 4.74 Å². The van der Waals surface area contributed by atoms with Crippen molar-refractivity contribution in [2.24, 2.45) is 5.73 Å². The molecule has 2 amide bonds. The summed E-state index contributed by atoms with van der Waals surface area (Å²) in [5.41, 5.74) is 6.65. The summed E-state index contributed by atoms with van der Waals surface area (Å²) in [5, 5.41) is 0. The summed E-state index contributed by atoms with van der Waals surface area (Å²) in [6.07, 6.45) is 0.835. The fourth-order valence-corrected chi connectivity index (χ4v) is 2.81. The topological polar surface area (TPSA) is 75.9 Å². The van der Waals surface area contributed by atoms with E-state index in [1.807, 2.05) is 0 Å². The van der Waals surface area contributed by atoms with Crippen molar-refractivity contribution in [1.29, 1.82) is 0 Å². The normalized spacial score (nSPS) is 23.3. The minimum absolute atomic E-state index is 0.0392. The van der Waals surface area contributed by atoms with Crippen LogP contribution in [0.5, 0.6) is 0 Å². The van der Waals surface area contributed by atoms with E-state index in [-0.39, 0.29) is 17.9 Å². The Bertz CT molecular complexity index is 526. The van der Waals surface area contributed by atoms with Crippen LogP contribution in [0.1, 0.15) is 27.1 Å². The number of fused-ring (bicyclic) bond motifs is 1. The van der Waals surface area contributed by atoms with Crippen molar-refractivity contribution >= 4 is 11.8 Å². The monoisotopic (exact) mass is 289 g/mol. The maximum absolute atomic E-state index is 12.3. The highest BCUT2D eigenvalue weighted by molar-refractivity contribution is 6.21. The Kier molecular flexibility index (Phi) is 4.01. The van der Waals surface area contributed by atoms with Crippen LogP contribution in [0.3, 0.4) is 0 Å². The van der Waals surface area contributed by atoms with Gasteiger partial charge in [0.05, 0.1) is 23.9 Å². The van der Waals surface area contributed by atoms with Gasteiger partial charge in [-0.05, 0) is 18.6 Å². The third-order valence-corrected chi connectivity index (χ3v) is 3.92. The van der Waals surface area contributed by atoms with Crippen LogP contribution in [0, 0.1) is 0 Å². The Labute approximate surface area is 123 Å². The molecule has 0 spiro atoms. The van der Waals surface area contributed by atoms with Crippen molar-refractivity contribution in [1.82, 2.24) is 9.80 Å². The molecule has 1 atom stereocenters. The lowest BCUT2D eigenvalue weighted by molar-refractivity contribution is 0.0411. The minimum atomic E-state index is -0.218. The molecule has 6 nitrogen and oxygen atoms in total. The molecule has 0 saturated carbocycles. The van der Waals surface area contributed by atoms with Crippen molar-refractivity contribution in [2.45, 2.75) is 12.5 Å². The zero-order chi connectivity index (χ0) is 14.8. The lowest BCUT2D eigenvalue weighted by atomic mass is 10.1. The van der Waals surface area contributed by atoms with E-state index >= 15 is 0 Å². The standard InChI is InChI=1S/C15H19N3O3/c16-8-11-9-17(6-3-7-21-11)10-18-14(19)12-4-1-2-5-13(12)15(18)20/h1-2,4-5,11H,3,6-10,16H2. The number of amides is 2. The molecule has 0 bridgehead atoms. The van der Waals surface area contributed by atoms with Crippen LogP contribution >= 0.6 is 0 Å². The zero-order valence-corrected chi connectivity index (χ0v) is 11.8. The molecule has 2 N–H and O–H groups in total. The van der Waals surface area contributed by atoms with Gasteiger partial charge in [-0.25, -0.2) is 0 Å². The quantitative estimate of drug-likeness (QED) is 0.809. The van der Waals surface area contributed by atoms with Gasteiger partial charge in [0.1, 0.15) is 0 Å². The lowest BCUT2D eigenvalue weighted by Gasteiger charge is -2.26. The molecule has 1 aromatic carbocycles. The number of nitrogens with two attached hydrogens (primary N) is 1. The number of carbonyl (C=O) groups excluding carboxylic acids is 2. The Balaban J connectivity index is 1.74. The van der Waals surface area contributed by atoms with E-state index in [0.29, 0.717) is 37.5 Å². The molecule has 1 saturated heterocycles. The molecule has 1 unspecified atom stereocenters. The Morgan fingerprint density at radius 2 is 1.86 bits per heavy atom. The highest BCUT2D eigenvalue weighted by atomic mass is 16.5. The van der Waals surface area contributed by atoms with Crippen molar-refractivity contribution in [3.63, 3.8) is 0 Å². The first-order chi connectivity index (χ1) is 10.2. The predicted molar refractivity (Wildman–Crippen MR) is 76.8 cm³/mol. The third-order valence-electron chi connectivity index (χ3n) is 3.92. The first-order valence-electron chi connectivity index (χ1n) is 7.20. The van der Waals surface area contributed by atoms with Crippen LogP contribution in [0.4, 0.5) is 0 Å². The summed E-state index contributed by atoms with van der Waals surface area (Å²) in [4.78, 5) is 28.1. The molecule has 6 heteroatoms. The van der Waals surface area contributed by atoms with E-state index in [2.05, 4.69) is 4.90 Å².